The number of hydrogen-bond donors (Lipinski definition) is 1. The van der Waals surface area contributed by atoms with E-state index in [0.717, 1.165) is 18.3 Å². The van der Waals surface area contributed by atoms with E-state index in [0.29, 0.717) is 6.29 Å². The van der Waals surface area contributed by atoms with Gasteiger partial charge >= 0.3 is 6.18 Å². The third-order valence-corrected chi connectivity index (χ3v) is 2.73. The number of alkyl halides is 3. The maximum absolute atomic E-state index is 13.1. The van der Waals surface area contributed by atoms with Crippen molar-refractivity contribution in [1.82, 2.24) is 15.4 Å². The Hall–Kier alpha value is -1.92. The number of nitrogens with zero attached hydrogens (tertiary/aromatic N) is 2. The number of aldehydes is 1. The monoisotopic (exact) mass is 243 g/mol. The zero-order valence-corrected chi connectivity index (χ0v) is 8.53. The van der Waals surface area contributed by atoms with Gasteiger partial charge in [-0.2, -0.15) is 28.6 Å². The third kappa shape index (κ3) is 1.77. The Morgan fingerprint density at radius 2 is 2.24 bits per heavy atom. The Bertz CT molecular complexity index is 475. The summed E-state index contributed by atoms with van der Waals surface area (Å²) in [6, 6.07) is 0. The van der Waals surface area contributed by atoms with Gasteiger partial charge in [-0.1, -0.05) is 18.2 Å². The van der Waals surface area contributed by atoms with Gasteiger partial charge in [-0.3, -0.25) is 4.79 Å². The Kier molecular flexibility index (Phi) is 2.60. The summed E-state index contributed by atoms with van der Waals surface area (Å²) in [6.45, 7) is 0. The number of aromatic nitrogens is 3. The van der Waals surface area contributed by atoms with Crippen LogP contribution in [0.1, 0.15) is 12.1 Å². The highest BCUT2D eigenvalue weighted by Gasteiger charge is 2.55. The highest BCUT2D eigenvalue weighted by atomic mass is 19.4. The van der Waals surface area contributed by atoms with E-state index in [9.17, 15) is 18.0 Å². The second-order valence-electron chi connectivity index (χ2n) is 3.68. The summed E-state index contributed by atoms with van der Waals surface area (Å²) in [4.78, 5) is 10.5. The van der Waals surface area contributed by atoms with Gasteiger partial charge in [0.05, 0.1) is 6.20 Å². The summed E-state index contributed by atoms with van der Waals surface area (Å²) < 4.78 is 39.4. The molecule has 0 radical (unpaired) electrons. The van der Waals surface area contributed by atoms with Gasteiger partial charge < -0.3 is 0 Å². The predicted molar refractivity (Wildman–Crippen MR) is 52.0 cm³/mol. The highest BCUT2D eigenvalue weighted by Crippen LogP contribution is 2.46. The first kappa shape index (κ1) is 11.6. The van der Waals surface area contributed by atoms with Crippen LogP contribution in [-0.4, -0.2) is 27.9 Å². The molecule has 0 saturated heterocycles. The lowest BCUT2D eigenvalue weighted by Gasteiger charge is -2.31. The third-order valence-electron chi connectivity index (χ3n) is 2.73. The summed E-state index contributed by atoms with van der Waals surface area (Å²) in [5.74, 6) is 0. The van der Waals surface area contributed by atoms with Crippen molar-refractivity contribution in [3.05, 3.63) is 35.7 Å². The lowest BCUT2D eigenvalue weighted by molar-refractivity contribution is -0.176. The second-order valence-corrected chi connectivity index (χ2v) is 3.68. The van der Waals surface area contributed by atoms with E-state index in [1.54, 1.807) is 0 Å². The molecule has 0 spiro atoms. The van der Waals surface area contributed by atoms with E-state index in [1.807, 2.05) is 0 Å². The van der Waals surface area contributed by atoms with E-state index in [1.165, 1.54) is 6.08 Å². The van der Waals surface area contributed by atoms with Gasteiger partial charge in [-0.15, -0.1) is 0 Å². The number of carbonyl (C=O) groups is 1. The number of rotatable bonds is 2. The molecular weight excluding hydrogens is 235 g/mol. The lowest BCUT2D eigenvalue weighted by Crippen LogP contribution is -2.41. The Morgan fingerprint density at radius 1 is 1.47 bits per heavy atom. The summed E-state index contributed by atoms with van der Waals surface area (Å²) in [5.41, 5.74) is -2.18. The zero-order chi connectivity index (χ0) is 12.5. The number of allylic oxidation sites excluding steroid dienone is 4. The van der Waals surface area contributed by atoms with E-state index in [-0.39, 0.29) is 17.7 Å². The van der Waals surface area contributed by atoms with Gasteiger partial charge in [0.25, 0.3) is 0 Å². The van der Waals surface area contributed by atoms with Crippen LogP contribution in [0.15, 0.2) is 30.0 Å². The Morgan fingerprint density at radius 3 is 2.65 bits per heavy atom. The van der Waals surface area contributed by atoms with Gasteiger partial charge in [0.1, 0.15) is 17.4 Å². The summed E-state index contributed by atoms with van der Waals surface area (Å²) in [7, 11) is 0. The smallest absolute Gasteiger partial charge is 0.298 e. The lowest BCUT2D eigenvalue weighted by atomic mass is 9.77. The molecule has 0 aromatic carbocycles. The molecule has 1 heterocycles. The molecule has 1 aromatic heterocycles. The van der Waals surface area contributed by atoms with Crippen molar-refractivity contribution in [2.75, 3.05) is 0 Å². The first-order valence-corrected chi connectivity index (χ1v) is 4.77. The molecule has 1 unspecified atom stereocenters. The molecule has 4 nitrogen and oxygen atoms in total. The quantitative estimate of drug-likeness (QED) is 0.804. The van der Waals surface area contributed by atoms with Crippen LogP contribution in [0.25, 0.3) is 0 Å². The largest absolute Gasteiger partial charge is 0.403 e. The summed E-state index contributed by atoms with van der Waals surface area (Å²) >= 11 is 0. The molecule has 17 heavy (non-hydrogen) atoms. The SMILES string of the molecule is O=CC1=CCC(c2cn[nH]n2)(C(F)(F)F)C=C1. The van der Waals surface area contributed by atoms with Crippen LogP contribution in [0.4, 0.5) is 13.2 Å². The van der Waals surface area contributed by atoms with Gasteiger partial charge in [-0.05, 0) is 6.42 Å². The zero-order valence-electron chi connectivity index (χ0n) is 8.53. The minimum absolute atomic E-state index is 0.206. The van der Waals surface area contributed by atoms with Crippen LogP contribution in [0, 0.1) is 0 Å². The molecule has 0 aliphatic heterocycles. The van der Waals surface area contributed by atoms with Crippen molar-refractivity contribution in [3.8, 4) is 0 Å². The highest BCUT2D eigenvalue weighted by molar-refractivity contribution is 5.78. The van der Waals surface area contributed by atoms with Gasteiger partial charge in [0.15, 0.2) is 0 Å². The fraction of sp³-hybridized carbons (Fsp3) is 0.300. The van der Waals surface area contributed by atoms with Crippen molar-refractivity contribution >= 4 is 6.29 Å². The molecule has 0 amide bonds. The molecule has 1 aromatic rings. The number of H-pyrrole nitrogens is 1. The number of hydrogen-bond acceptors (Lipinski definition) is 3. The molecule has 1 aliphatic carbocycles. The van der Waals surface area contributed by atoms with Crippen molar-refractivity contribution in [3.63, 3.8) is 0 Å². The van der Waals surface area contributed by atoms with Crippen molar-refractivity contribution < 1.29 is 18.0 Å². The van der Waals surface area contributed by atoms with E-state index < -0.39 is 11.6 Å². The van der Waals surface area contributed by atoms with Crippen LogP contribution >= 0.6 is 0 Å². The first-order chi connectivity index (χ1) is 7.99. The number of carbonyl (C=O) groups excluding carboxylic acids is 1. The molecule has 0 fully saturated rings. The number of nitrogens with one attached hydrogen (secondary N) is 1. The average Bonchev–Trinajstić information content (AvgIpc) is 2.81. The van der Waals surface area contributed by atoms with E-state index >= 15 is 0 Å². The maximum atomic E-state index is 13.1. The van der Waals surface area contributed by atoms with Gasteiger partial charge in [0.2, 0.25) is 0 Å². The number of aromatic amines is 1. The Labute approximate surface area is 94.2 Å². The molecule has 90 valence electrons. The molecule has 0 bridgehead atoms. The van der Waals surface area contributed by atoms with Gasteiger partial charge in [0, 0.05) is 5.57 Å². The van der Waals surface area contributed by atoms with Crippen LogP contribution < -0.4 is 0 Å². The average molecular weight is 243 g/mol. The fourth-order valence-corrected chi connectivity index (χ4v) is 1.70. The first-order valence-electron chi connectivity index (χ1n) is 4.77. The number of halogens is 3. The van der Waals surface area contributed by atoms with Crippen LogP contribution in [0.5, 0.6) is 0 Å². The molecular formula is C10H8F3N3O. The predicted octanol–water partition coefficient (Wildman–Crippen LogP) is 1.69. The van der Waals surface area contributed by atoms with Crippen molar-refractivity contribution in [1.29, 1.82) is 0 Å². The molecule has 1 atom stereocenters. The van der Waals surface area contributed by atoms with Gasteiger partial charge in [-0.25, -0.2) is 0 Å². The standard InChI is InChI=1S/C10H8F3N3O/c11-10(12,13)9(8-5-14-16-15-8)3-1-7(6-17)2-4-9/h1-3,5-6H,4H2,(H,14,15,16). The van der Waals surface area contributed by atoms with Crippen molar-refractivity contribution in [2.45, 2.75) is 18.0 Å². The van der Waals surface area contributed by atoms with E-state index in [2.05, 4.69) is 15.4 Å². The molecule has 0 saturated carbocycles. The maximum Gasteiger partial charge on any atom is 0.403 e. The van der Waals surface area contributed by atoms with Crippen molar-refractivity contribution in [2.24, 2.45) is 0 Å². The van der Waals surface area contributed by atoms with Crippen LogP contribution in [-0.2, 0) is 10.2 Å². The minimum atomic E-state index is -4.49. The molecule has 7 heteroatoms. The van der Waals surface area contributed by atoms with Crippen LogP contribution in [0.2, 0.25) is 0 Å². The molecule has 1 N–H and O–H groups in total. The minimum Gasteiger partial charge on any atom is -0.298 e. The summed E-state index contributed by atoms with van der Waals surface area (Å²) in [6.07, 6.45) is 0.0541. The van der Waals surface area contributed by atoms with E-state index in [4.69, 9.17) is 0 Å². The molecule has 1 aliphatic rings. The fourth-order valence-electron chi connectivity index (χ4n) is 1.70. The molecule has 2 rings (SSSR count). The van der Waals surface area contributed by atoms with Crippen LogP contribution in [0.3, 0.4) is 0 Å². The second kappa shape index (κ2) is 3.83. The summed E-state index contributed by atoms with van der Waals surface area (Å²) in [5, 5.41) is 9.06. The normalized spacial score (nSPS) is 24.5. The Balaban J connectivity index is 2.47. The topological polar surface area (TPSA) is 58.6 Å².